The molecule has 2 saturated heterocycles. The first-order chi connectivity index (χ1) is 15.0. The van der Waals surface area contributed by atoms with E-state index in [1.165, 1.54) is 6.07 Å². The molecule has 4 amide bonds. The van der Waals surface area contributed by atoms with Gasteiger partial charge in [0.1, 0.15) is 0 Å². The lowest BCUT2D eigenvalue weighted by Crippen LogP contribution is -2.32. The van der Waals surface area contributed by atoms with E-state index >= 15 is 0 Å². The number of ether oxygens (including phenoxy) is 1. The highest BCUT2D eigenvalue weighted by Crippen LogP contribution is 2.24. The molecule has 2 aromatic carbocycles. The summed E-state index contributed by atoms with van der Waals surface area (Å²) in [7, 11) is 0. The topological polar surface area (TPSA) is 105 Å². The van der Waals surface area contributed by atoms with E-state index in [2.05, 4.69) is 10.6 Å². The van der Waals surface area contributed by atoms with Gasteiger partial charge in [0.25, 0.3) is 11.8 Å². The summed E-state index contributed by atoms with van der Waals surface area (Å²) < 4.78 is 5.52. The average molecular weight is 421 g/mol. The molecule has 0 aliphatic carbocycles. The van der Waals surface area contributed by atoms with Crippen LogP contribution in [0.15, 0.2) is 48.5 Å². The third-order valence-corrected chi connectivity index (χ3v) is 5.35. The smallest absolute Gasteiger partial charge is 0.255 e. The molecule has 0 spiro atoms. The van der Waals surface area contributed by atoms with Crippen molar-refractivity contribution in [2.45, 2.75) is 31.8 Å². The maximum Gasteiger partial charge on any atom is 0.255 e. The number of imide groups is 1. The van der Waals surface area contributed by atoms with E-state index in [1.54, 1.807) is 42.5 Å². The fraction of sp³-hybridized carbons (Fsp3) is 0.304. The highest BCUT2D eigenvalue weighted by atomic mass is 16.5. The molecule has 2 N–H and O–H groups in total. The van der Waals surface area contributed by atoms with Crippen LogP contribution in [0.3, 0.4) is 0 Å². The summed E-state index contributed by atoms with van der Waals surface area (Å²) in [6.45, 7) is 1.13. The lowest BCUT2D eigenvalue weighted by Gasteiger charge is -2.16. The summed E-state index contributed by atoms with van der Waals surface area (Å²) in [6, 6.07) is 13.1. The van der Waals surface area contributed by atoms with E-state index in [0.717, 1.165) is 17.7 Å². The van der Waals surface area contributed by atoms with Crippen LogP contribution in [0.1, 0.15) is 46.4 Å². The predicted molar refractivity (Wildman–Crippen MR) is 114 cm³/mol. The molecule has 8 nitrogen and oxygen atoms in total. The molecular weight excluding hydrogens is 398 g/mol. The first-order valence-corrected chi connectivity index (χ1v) is 10.3. The van der Waals surface area contributed by atoms with Crippen molar-refractivity contribution in [1.82, 2.24) is 5.32 Å². The van der Waals surface area contributed by atoms with Crippen molar-refractivity contribution in [3.63, 3.8) is 0 Å². The van der Waals surface area contributed by atoms with Crippen LogP contribution in [-0.2, 0) is 14.3 Å². The van der Waals surface area contributed by atoms with Crippen LogP contribution in [0, 0.1) is 0 Å². The Morgan fingerprint density at radius 2 is 1.77 bits per heavy atom. The first kappa shape index (κ1) is 20.7. The second-order valence-corrected chi connectivity index (χ2v) is 7.52. The lowest BCUT2D eigenvalue weighted by molar-refractivity contribution is -0.121. The Labute approximate surface area is 179 Å². The van der Waals surface area contributed by atoms with Gasteiger partial charge in [0.2, 0.25) is 11.8 Å². The summed E-state index contributed by atoms with van der Waals surface area (Å²) in [5.41, 5.74) is 1.35. The molecule has 2 aliphatic rings. The van der Waals surface area contributed by atoms with Gasteiger partial charge in [-0.1, -0.05) is 18.2 Å². The van der Waals surface area contributed by atoms with E-state index in [-0.39, 0.29) is 42.2 Å². The second kappa shape index (κ2) is 9.09. The number of rotatable bonds is 6. The van der Waals surface area contributed by atoms with Crippen LogP contribution in [-0.4, -0.2) is 42.9 Å². The number of nitrogens with zero attached hydrogens (tertiary/aromatic N) is 1. The molecule has 2 heterocycles. The highest BCUT2D eigenvalue weighted by molar-refractivity contribution is 6.20. The van der Waals surface area contributed by atoms with Gasteiger partial charge in [-0.15, -0.1) is 0 Å². The van der Waals surface area contributed by atoms with E-state index in [9.17, 15) is 19.2 Å². The summed E-state index contributed by atoms with van der Waals surface area (Å²) >= 11 is 0. The SMILES string of the molecule is O=C(Nc1ccccc1C(=O)NC[C@H]1CCCO1)c1cccc(N2C(=O)CCC2=O)c1. The molecule has 2 aromatic rings. The maximum absolute atomic E-state index is 12.8. The quantitative estimate of drug-likeness (QED) is 0.698. The van der Waals surface area contributed by atoms with Crippen LogP contribution in [0.25, 0.3) is 0 Å². The Bertz CT molecular complexity index is 1010. The number of benzene rings is 2. The lowest BCUT2D eigenvalue weighted by atomic mass is 10.1. The van der Waals surface area contributed by atoms with E-state index < -0.39 is 5.91 Å². The van der Waals surface area contributed by atoms with Gasteiger partial charge in [0.15, 0.2) is 0 Å². The minimum atomic E-state index is -0.444. The van der Waals surface area contributed by atoms with Gasteiger partial charge in [-0.05, 0) is 43.2 Å². The normalized spacial score (nSPS) is 18.3. The summed E-state index contributed by atoms with van der Waals surface area (Å²) in [6.07, 6.45) is 2.26. The first-order valence-electron chi connectivity index (χ1n) is 10.3. The number of hydrogen-bond donors (Lipinski definition) is 2. The Balaban J connectivity index is 1.48. The van der Waals surface area contributed by atoms with Crippen LogP contribution >= 0.6 is 0 Å². The predicted octanol–water partition coefficient (Wildman–Crippen LogP) is 2.50. The van der Waals surface area contributed by atoms with Crippen LogP contribution in [0.5, 0.6) is 0 Å². The molecule has 0 unspecified atom stereocenters. The fourth-order valence-corrected chi connectivity index (χ4v) is 3.74. The molecule has 160 valence electrons. The van der Waals surface area contributed by atoms with Crippen LogP contribution < -0.4 is 15.5 Å². The summed E-state index contributed by atoms with van der Waals surface area (Å²) in [5.74, 6) is -1.31. The Kier molecular flexibility index (Phi) is 6.08. The maximum atomic E-state index is 12.8. The van der Waals surface area contributed by atoms with Gasteiger partial charge < -0.3 is 15.4 Å². The van der Waals surface area contributed by atoms with Crippen molar-refractivity contribution >= 4 is 35.0 Å². The average Bonchev–Trinajstić information content (AvgIpc) is 3.42. The molecule has 0 aromatic heterocycles. The van der Waals surface area contributed by atoms with Gasteiger partial charge in [-0.2, -0.15) is 0 Å². The monoisotopic (exact) mass is 421 g/mol. The number of nitrogens with one attached hydrogen (secondary N) is 2. The van der Waals surface area contributed by atoms with Crippen molar-refractivity contribution in [1.29, 1.82) is 0 Å². The van der Waals surface area contributed by atoms with Gasteiger partial charge in [0.05, 0.1) is 23.0 Å². The summed E-state index contributed by atoms with van der Waals surface area (Å²) in [5, 5.41) is 5.61. The standard InChI is InChI=1S/C23H23N3O5/c27-20-10-11-21(28)26(20)16-6-3-5-15(13-16)22(29)25-19-9-2-1-8-18(19)23(30)24-14-17-7-4-12-31-17/h1-3,5-6,8-9,13,17H,4,7,10-12,14H2,(H,24,30)(H,25,29)/t17-/m1/s1. The van der Waals surface area contributed by atoms with Crippen molar-refractivity contribution in [3.05, 3.63) is 59.7 Å². The number of carbonyl (C=O) groups is 4. The molecule has 0 radical (unpaired) electrons. The molecule has 2 aliphatic heterocycles. The molecule has 1 atom stereocenters. The number of amides is 4. The molecule has 8 heteroatoms. The van der Waals surface area contributed by atoms with E-state index in [1.807, 2.05) is 0 Å². The molecule has 31 heavy (non-hydrogen) atoms. The largest absolute Gasteiger partial charge is 0.376 e. The Hall–Kier alpha value is -3.52. The zero-order chi connectivity index (χ0) is 21.8. The van der Waals surface area contributed by atoms with Crippen molar-refractivity contribution in [2.75, 3.05) is 23.4 Å². The number of carbonyl (C=O) groups excluding carboxylic acids is 4. The van der Waals surface area contributed by atoms with Gasteiger partial charge in [-0.25, -0.2) is 0 Å². The third-order valence-electron chi connectivity index (χ3n) is 5.35. The fourth-order valence-electron chi connectivity index (χ4n) is 3.74. The van der Waals surface area contributed by atoms with Gasteiger partial charge in [-0.3, -0.25) is 24.1 Å². The minimum Gasteiger partial charge on any atom is -0.376 e. The highest BCUT2D eigenvalue weighted by Gasteiger charge is 2.30. The van der Waals surface area contributed by atoms with Gasteiger partial charge in [0, 0.05) is 31.6 Å². The molecular formula is C23H23N3O5. The zero-order valence-electron chi connectivity index (χ0n) is 16.9. The van der Waals surface area contributed by atoms with Crippen molar-refractivity contribution in [2.24, 2.45) is 0 Å². The molecule has 0 bridgehead atoms. The molecule has 0 saturated carbocycles. The Morgan fingerprint density at radius 1 is 1.00 bits per heavy atom. The number of anilines is 2. The Morgan fingerprint density at radius 3 is 2.52 bits per heavy atom. The van der Waals surface area contributed by atoms with Crippen LogP contribution in [0.4, 0.5) is 11.4 Å². The van der Waals surface area contributed by atoms with E-state index in [0.29, 0.717) is 30.1 Å². The zero-order valence-corrected chi connectivity index (χ0v) is 16.9. The van der Waals surface area contributed by atoms with Crippen molar-refractivity contribution < 1.29 is 23.9 Å². The van der Waals surface area contributed by atoms with Gasteiger partial charge >= 0.3 is 0 Å². The molecule has 4 rings (SSSR count). The second-order valence-electron chi connectivity index (χ2n) is 7.52. The van der Waals surface area contributed by atoms with E-state index in [4.69, 9.17) is 4.74 Å². The molecule has 2 fully saturated rings. The number of hydrogen-bond acceptors (Lipinski definition) is 5. The van der Waals surface area contributed by atoms with Crippen molar-refractivity contribution in [3.8, 4) is 0 Å². The third kappa shape index (κ3) is 4.64. The van der Waals surface area contributed by atoms with Crippen LogP contribution in [0.2, 0.25) is 0 Å². The number of para-hydroxylation sites is 1. The minimum absolute atomic E-state index is 0.0180. The summed E-state index contributed by atoms with van der Waals surface area (Å²) in [4.78, 5) is 50.5.